The van der Waals surface area contributed by atoms with Crippen LogP contribution in [0.1, 0.15) is 10.4 Å². The minimum atomic E-state index is -3.79. The van der Waals surface area contributed by atoms with Crippen molar-refractivity contribution in [3.63, 3.8) is 0 Å². The third-order valence-corrected chi connectivity index (χ3v) is 6.83. The number of rotatable bonds is 4. The largest absolute Gasteiger partial charge is 0.465 e. The molecule has 0 radical (unpaired) electrons. The maximum atomic E-state index is 12.3. The highest BCUT2D eigenvalue weighted by molar-refractivity contribution is 9.10. The second-order valence-corrected chi connectivity index (χ2v) is 7.90. The standard InChI is InChI=1S/C12H9BrClNO4S2/c1-19-11(16)7-2-3-9(14)10(6-7)15-21(17,18)12-8(13)4-5-20-12/h2-6,15H,1H3. The Morgan fingerprint density at radius 1 is 1.38 bits per heavy atom. The van der Waals surface area contributed by atoms with Gasteiger partial charge in [-0.25, -0.2) is 13.2 Å². The molecule has 112 valence electrons. The number of anilines is 1. The second kappa shape index (κ2) is 6.35. The van der Waals surface area contributed by atoms with E-state index in [0.717, 1.165) is 11.3 Å². The summed E-state index contributed by atoms with van der Waals surface area (Å²) in [6.45, 7) is 0. The molecular formula is C12H9BrClNO4S2. The molecule has 0 unspecified atom stereocenters. The Morgan fingerprint density at radius 2 is 2.10 bits per heavy atom. The SMILES string of the molecule is COC(=O)c1ccc(Cl)c(NS(=O)(=O)c2sccc2Br)c1. The van der Waals surface area contributed by atoms with E-state index in [-0.39, 0.29) is 20.5 Å². The fourth-order valence-electron chi connectivity index (χ4n) is 1.51. The predicted molar refractivity (Wildman–Crippen MR) is 85.6 cm³/mol. The molecule has 1 aromatic heterocycles. The number of hydrogen-bond acceptors (Lipinski definition) is 5. The van der Waals surface area contributed by atoms with Gasteiger partial charge >= 0.3 is 5.97 Å². The van der Waals surface area contributed by atoms with Crippen molar-refractivity contribution in [1.82, 2.24) is 0 Å². The molecular weight excluding hydrogens is 402 g/mol. The minimum absolute atomic E-state index is 0.111. The van der Waals surface area contributed by atoms with Crippen molar-refractivity contribution in [3.05, 3.63) is 44.7 Å². The van der Waals surface area contributed by atoms with Gasteiger partial charge in [-0.3, -0.25) is 4.72 Å². The zero-order valence-electron chi connectivity index (χ0n) is 10.6. The van der Waals surface area contributed by atoms with Gasteiger partial charge < -0.3 is 4.74 Å². The normalized spacial score (nSPS) is 11.2. The first-order valence-corrected chi connectivity index (χ1v) is 9.02. The van der Waals surface area contributed by atoms with Crippen molar-refractivity contribution < 1.29 is 17.9 Å². The van der Waals surface area contributed by atoms with Crippen LogP contribution in [-0.4, -0.2) is 21.5 Å². The molecule has 0 aliphatic carbocycles. The molecule has 1 aromatic carbocycles. The van der Waals surface area contributed by atoms with E-state index < -0.39 is 16.0 Å². The summed E-state index contributed by atoms with van der Waals surface area (Å²) < 4.78 is 32.1. The highest BCUT2D eigenvalue weighted by Gasteiger charge is 2.21. The lowest BCUT2D eigenvalue weighted by Crippen LogP contribution is -2.13. The third-order valence-electron chi connectivity index (χ3n) is 2.46. The van der Waals surface area contributed by atoms with Gasteiger partial charge in [0.1, 0.15) is 0 Å². The molecule has 0 atom stereocenters. The molecule has 5 nitrogen and oxygen atoms in total. The van der Waals surface area contributed by atoms with Crippen molar-refractivity contribution in [2.75, 3.05) is 11.8 Å². The lowest BCUT2D eigenvalue weighted by atomic mass is 10.2. The first-order valence-electron chi connectivity index (χ1n) is 5.49. The van der Waals surface area contributed by atoms with E-state index in [1.165, 1.54) is 25.3 Å². The molecule has 0 saturated carbocycles. The van der Waals surface area contributed by atoms with Crippen LogP contribution >= 0.6 is 38.9 Å². The Bertz CT molecular complexity index is 788. The van der Waals surface area contributed by atoms with Crippen LogP contribution in [0.5, 0.6) is 0 Å². The van der Waals surface area contributed by atoms with Gasteiger partial charge in [-0.1, -0.05) is 11.6 Å². The number of halogens is 2. The molecule has 9 heteroatoms. The average molecular weight is 411 g/mol. The number of methoxy groups -OCH3 is 1. The molecule has 21 heavy (non-hydrogen) atoms. The van der Waals surface area contributed by atoms with Crippen LogP contribution in [0.3, 0.4) is 0 Å². The number of esters is 1. The van der Waals surface area contributed by atoms with Crippen LogP contribution in [-0.2, 0) is 14.8 Å². The molecule has 1 heterocycles. The fourth-order valence-corrected chi connectivity index (χ4v) is 5.14. The molecule has 0 amide bonds. The summed E-state index contributed by atoms with van der Waals surface area (Å²) in [5.74, 6) is -0.579. The number of carbonyl (C=O) groups is 1. The van der Waals surface area contributed by atoms with Crippen molar-refractivity contribution in [2.24, 2.45) is 0 Å². The Labute approximate surface area is 139 Å². The third kappa shape index (κ3) is 3.57. The molecule has 0 saturated heterocycles. The smallest absolute Gasteiger partial charge is 0.337 e. The molecule has 0 aliphatic rings. The second-order valence-electron chi connectivity index (χ2n) is 3.85. The van der Waals surface area contributed by atoms with Crippen molar-refractivity contribution >= 4 is 60.5 Å². The van der Waals surface area contributed by atoms with E-state index in [1.54, 1.807) is 11.4 Å². The maximum absolute atomic E-state index is 12.3. The first kappa shape index (κ1) is 16.3. The monoisotopic (exact) mass is 409 g/mol. The summed E-state index contributed by atoms with van der Waals surface area (Å²) in [6, 6.07) is 5.83. The van der Waals surface area contributed by atoms with Crippen molar-refractivity contribution in [1.29, 1.82) is 0 Å². The Morgan fingerprint density at radius 3 is 2.67 bits per heavy atom. The highest BCUT2D eigenvalue weighted by Crippen LogP contribution is 2.31. The van der Waals surface area contributed by atoms with Gasteiger partial charge in [0, 0.05) is 4.47 Å². The Balaban J connectivity index is 2.40. The van der Waals surface area contributed by atoms with E-state index in [4.69, 9.17) is 11.6 Å². The lowest BCUT2D eigenvalue weighted by molar-refractivity contribution is 0.0601. The van der Waals surface area contributed by atoms with Gasteiger partial charge in [0.25, 0.3) is 10.0 Å². The summed E-state index contributed by atoms with van der Waals surface area (Å²) >= 11 is 10.2. The lowest BCUT2D eigenvalue weighted by Gasteiger charge is -2.10. The number of thiophene rings is 1. The Hall–Kier alpha value is -1.09. The van der Waals surface area contributed by atoms with E-state index in [2.05, 4.69) is 25.4 Å². The summed E-state index contributed by atoms with van der Waals surface area (Å²) in [7, 11) is -2.55. The molecule has 2 rings (SSSR count). The van der Waals surface area contributed by atoms with E-state index >= 15 is 0 Å². The summed E-state index contributed by atoms with van der Waals surface area (Å²) in [4.78, 5) is 11.5. The molecule has 0 fully saturated rings. The van der Waals surface area contributed by atoms with Crippen molar-refractivity contribution in [3.8, 4) is 0 Å². The summed E-state index contributed by atoms with van der Waals surface area (Å²) in [5.41, 5.74) is 0.310. The van der Waals surface area contributed by atoms with Crippen LogP contribution in [0.15, 0.2) is 38.3 Å². The zero-order valence-corrected chi connectivity index (χ0v) is 14.6. The molecule has 0 spiro atoms. The van der Waals surface area contributed by atoms with Gasteiger partial charge in [-0.05, 0) is 45.6 Å². The minimum Gasteiger partial charge on any atom is -0.465 e. The molecule has 1 N–H and O–H groups in total. The summed E-state index contributed by atoms with van der Waals surface area (Å²) in [6.07, 6.45) is 0. The van der Waals surface area contributed by atoms with E-state index in [0.29, 0.717) is 4.47 Å². The van der Waals surface area contributed by atoms with Gasteiger partial charge in [-0.15, -0.1) is 11.3 Å². The summed E-state index contributed by atoms with van der Waals surface area (Å²) in [5, 5.41) is 1.82. The predicted octanol–water partition coefficient (Wildman–Crippen LogP) is 3.75. The Kier molecular flexibility index (Phi) is 4.92. The number of hydrogen-bond donors (Lipinski definition) is 1. The first-order chi connectivity index (χ1) is 9.85. The number of nitrogens with one attached hydrogen (secondary N) is 1. The van der Waals surface area contributed by atoms with E-state index in [1.807, 2.05) is 0 Å². The number of sulfonamides is 1. The molecule has 2 aromatic rings. The fraction of sp³-hybridized carbons (Fsp3) is 0.0833. The van der Waals surface area contributed by atoms with Crippen LogP contribution < -0.4 is 4.72 Å². The van der Waals surface area contributed by atoms with Crippen LogP contribution in [0.4, 0.5) is 5.69 Å². The van der Waals surface area contributed by atoms with Crippen LogP contribution in [0.25, 0.3) is 0 Å². The number of ether oxygens (including phenoxy) is 1. The van der Waals surface area contributed by atoms with Gasteiger partial charge in [-0.2, -0.15) is 0 Å². The zero-order chi connectivity index (χ0) is 15.6. The number of carbonyl (C=O) groups excluding carboxylic acids is 1. The number of benzene rings is 1. The van der Waals surface area contributed by atoms with Gasteiger partial charge in [0.05, 0.1) is 23.4 Å². The topological polar surface area (TPSA) is 72.5 Å². The van der Waals surface area contributed by atoms with Gasteiger partial charge in [0.2, 0.25) is 0 Å². The van der Waals surface area contributed by atoms with E-state index in [9.17, 15) is 13.2 Å². The maximum Gasteiger partial charge on any atom is 0.337 e. The molecule has 0 bridgehead atoms. The van der Waals surface area contributed by atoms with Crippen LogP contribution in [0, 0.1) is 0 Å². The van der Waals surface area contributed by atoms with Crippen molar-refractivity contribution in [2.45, 2.75) is 4.21 Å². The highest BCUT2D eigenvalue weighted by atomic mass is 79.9. The molecule has 0 aliphatic heterocycles. The average Bonchev–Trinajstić information content (AvgIpc) is 2.87. The van der Waals surface area contributed by atoms with Crippen LogP contribution in [0.2, 0.25) is 5.02 Å². The van der Waals surface area contributed by atoms with Gasteiger partial charge in [0.15, 0.2) is 4.21 Å². The quantitative estimate of drug-likeness (QED) is 0.779.